The summed E-state index contributed by atoms with van der Waals surface area (Å²) in [4.78, 5) is 0. The van der Waals surface area contributed by atoms with E-state index in [0.717, 1.165) is 29.0 Å². The summed E-state index contributed by atoms with van der Waals surface area (Å²) in [6.07, 6.45) is 0. The molecule has 17 heavy (non-hydrogen) atoms. The maximum Gasteiger partial charge on any atom is 0.133 e. The summed E-state index contributed by atoms with van der Waals surface area (Å²) >= 11 is 3.46. The van der Waals surface area contributed by atoms with Crippen LogP contribution in [-0.4, -0.2) is 25.0 Å². The Morgan fingerprint density at radius 1 is 1.53 bits per heavy atom. The Morgan fingerprint density at radius 2 is 2.29 bits per heavy atom. The summed E-state index contributed by atoms with van der Waals surface area (Å²) in [5.41, 5.74) is 3.26. The van der Waals surface area contributed by atoms with Crippen molar-refractivity contribution in [1.29, 1.82) is 0 Å². The number of ether oxygens (including phenoxy) is 2. The van der Waals surface area contributed by atoms with Gasteiger partial charge in [-0.25, -0.2) is 5.48 Å². The van der Waals surface area contributed by atoms with Crippen LogP contribution in [0, 0.1) is 5.41 Å². The predicted octanol–water partition coefficient (Wildman–Crippen LogP) is 2.34. The molecular formula is C12H16BrNO3. The van der Waals surface area contributed by atoms with Gasteiger partial charge in [0.05, 0.1) is 24.3 Å². The van der Waals surface area contributed by atoms with Crippen LogP contribution in [0.15, 0.2) is 22.7 Å². The van der Waals surface area contributed by atoms with Crippen LogP contribution in [0.5, 0.6) is 5.75 Å². The SMILES string of the molecule is CC1(COc2ccc(CNO)cc2Br)COC1. The molecule has 1 aromatic rings. The standard InChI is InChI=1S/C12H16BrNO3/c1-12(6-16-7-12)8-17-11-3-2-9(5-14-15)4-10(11)13/h2-4,14-15H,5-8H2,1H3. The molecule has 2 rings (SSSR count). The topological polar surface area (TPSA) is 50.7 Å². The Morgan fingerprint density at radius 3 is 2.82 bits per heavy atom. The quantitative estimate of drug-likeness (QED) is 0.820. The number of nitrogens with one attached hydrogen (secondary N) is 1. The van der Waals surface area contributed by atoms with Crippen molar-refractivity contribution in [2.75, 3.05) is 19.8 Å². The van der Waals surface area contributed by atoms with Crippen LogP contribution in [0.4, 0.5) is 0 Å². The molecule has 1 saturated heterocycles. The molecule has 2 N–H and O–H groups in total. The van der Waals surface area contributed by atoms with Crippen molar-refractivity contribution in [3.05, 3.63) is 28.2 Å². The molecule has 0 aromatic heterocycles. The smallest absolute Gasteiger partial charge is 0.133 e. The predicted molar refractivity (Wildman–Crippen MR) is 67.2 cm³/mol. The van der Waals surface area contributed by atoms with Crippen molar-refractivity contribution in [3.63, 3.8) is 0 Å². The Kier molecular flexibility index (Phi) is 4.04. The molecule has 0 aliphatic carbocycles. The summed E-state index contributed by atoms with van der Waals surface area (Å²) in [6, 6.07) is 5.75. The molecule has 94 valence electrons. The summed E-state index contributed by atoms with van der Waals surface area (Å²) in [6.45, 7) is 4.75. The summed E-state index contributed by atoms with van der Waals surface area (Å²) in [5.74, 6) is 0.819. The lowest BCUT2D eigenvalue weighted by Crippen LogP contribution is -2.44. The van der Waals surface area contributed by atoms with Crippen molar-refractivity contribution in [2.24, 2.45) is 5.41 Å². The third-order valence-electron chi connectivity index (χ3n) is 2.76. The first kappa shape index (κ1) is 12.8. The Hall–Kier alpha value is -0.620. The molecule has 0 amide bonds. The second-order valence-corrected chi connectivity index (χ2v) is 5.55. The fourth-order valence-electron chi connectivity index (χ4n) is 1.65. The zero-order chi connectivity index (χ0) is 12.3. The third kappa shape index (κ3) is 3.19. The van der Waals surface area contributed by atoms with Gasteiger partial charge in [0.2, 0.25) is 0 Å². The highest BCUT2D eigenvalue weighted by Crippen LogP contribution is 2.31. The molecule has 1 aliphatic rings. The van der Waals surface area contributed by atoms with E-state index < -0.39 is 0 Å². The molecule has 1 heterocycles. The molecule has 0 atom stereocenters. The molecule has 5 heteroatoms. The minimum atomic E-state index is 0.144. The maximum absolute atomic E-state index is 8.62. The molecule has 0 radical (unpaired) electrons. The van der Waals surface area contributed by atoms with E-state index >= 15 is 0 Å². The van der Waals surface area contributed by atoms with E-state index in [4.69, 9.17) is 14.7 Å². The van der Waals surface area contributed by atoms with E-state index in [9.17, 15) is 0 Å². The molecule has 1 fully saturated rings. The van der Waals surface area contributed by atoms with Crippen LogP contribution < -0.4 is 10.2 Å². The first-order chi connectivity index (χ1) is 8.13. The fourth-order valence-corrected chi connectivity index (χ4v) is 2.19. The van der Waals surface area contributed by atoms with Crippen molar-refractivity contribution >= 4 is 15.9 Å². The van der Waals surface area contributed by atoms with Crippen LogP contribution in [0.25, 0.3) is 0 Å². The average Bonchev–Trinajstić information content (AvgIpc) is 2.26. The highest BCUT2D eigenvalue weighted by molar-refractivity contribution is 9.10. The van der Waals surface area contributed by atoms with Crippen molar-refractivity contribution in [3.8, 4) is 5.75 Å². The first-order valence-corrected chi connectivity index (χ1v) is 6.28. The number of benzene rings is 1. The summed E-state index contributed by atoms with van der Waals surface area (Å²) in [7, 11) is 0. The second-order valence-electron chi connectivity index (χ2n) is 4.69. The van der Waals surface area contributed by atoms with E-state index in [-0.39, 0.29) is 5.41 Å². The van der Waals surface area contributed by atoms with Gasteiger partial charge in [0, 0.05) is 12.0 Å². The zero-order valence-corrected chi connectivity index (χ0v) is 11.3. The largest absolute Gasteiger partial charge is 0.492 e. The normalized spacial score (nSPS) is 17.6. The van der Waals surface area contributed by atoms with E-state index in [0.29, 0.717) is 13.2 Å². The van der Waals surface area contributed by atoms with Gasteiger partial charge in [-0.3, -0.25) is 0 Å². The van der Waals surface area contributed by atoms with Gasteiger partial charge in [-0.05, 0) is 33.6 Å². The number of hydrogen-bond acceptors (Lipinski definition) is 4. The van der Waals surface area contributed by atoms with Crippen LogP contribution in [-0.2, 0) is 11.3 Å². The minimum Gasteiger partial charge on any atom is -0.492 e. The van der Waals surface area contributed by atoms with Crippen molar-refractivity contribution < 1.29 is 14.7 Å². The Balaban J connectivity index is 1.96. The summed E-state index contributed by atoms with van der Waals surface area (Å²) in [5, 5.41) is 8.62. The van der Waals surface area contributed by atoms with Crippen LogP contribution in [0.1, 0.15) is 12.5 Å². The lowest BCUT2D eigenvalue weighted by molar-refractivity contribution is -0.120. The van der Waals surface area contributed by atoms with E-state index in [2.05, 4.69) is 28.3 Å². The molecule has 1 aromatic carbocycles. The first-order valence-electron chi connectivity index (χ1n) is 5.49. The third-order valence-corrected chi connectivity index (χ3v) is 3.38. The average molecular weight is 302 g/mol. The molecule has 1 aliphatic heterocycles. The monoisotopic (exact) mass is 301 g/mol. The van der Waals surface area contributed by atoms with Gasteiger partial charge in [-0.2, -0.15) is 0 Å². The molecule has 0 spiro atoms. The Labute approximate surface area is 109 Å². The molecule has 0 unspecified atom stereocenters. The molecule has 4 nitrogen and oxygen atoms in total. The fraction of sp³-hybridized carbons (Fsp3) is 0.500. The lowest BCUT2D eigenvalue weighted by Gasteiger charge is -2.37. The molecular weight excluding hydrogens is 286 g/mol. The number of rotatable bonds is 5. The number of hydrogen-bond donors (Lipinski definition) is 2. The van der Waals surface area contributed by atoms with Gasteiger partial charge in [0.25, 0.3) is 0 Å². The van der Waals surface area contributed by atoms with Gasteiger partial charge < -0.3 is 14.7 Å². The highest BCUT2D eigenvalue weighted by Gasteiger charge is 2.34. The minimum absolute atomic E-state index is 0.144. The molecule has 0 bridgehead atoms. The van der Waals surface area contributed by atoms with Crippen LogP contribution in [0.2, 0.25) is 0 Å². The van der Waals surface area contributed by atoms with Crippen LogP contribution >= 0.6 is 15.9 Å². The Bertz CT molecular complexity index is 393. The lowest BCUT2D eigenvalue weighted by atomic mass is 9.90. The number of halogens is 1. The highest BCUT2D eigenvalue weighted by atomic mass is 79.9. The van der Waals surface area contributed by atoms with Gasteiger partial charge in [0.15, 0.2) is 0 Å². The zero-order valence-electron chi connectivity index (χ0n) is 9.70. The maximum atomic E-state index is 8.62. The second kappa shape index (κ2) is 5.35. The summed E-state index contributed by atoms with van der Waals surface area (Å²) < 4.78 is 11.8. The van der Waals surface area contributed by atoms with Crippen molar-refractivity contribution in [2.45, 2.75) is 13.5 Å². The van der Waals surface area contributed by atoms with Crippen molar-refractivity contribution in [1.82, 2.24) is 5.48 Å². The van der Waals surface area contributed by atoms with Gasteiger partial charge >= 0.3 is 0 Å². The van der Waals surface area contributed by atoms with E-state index in [1.54, 1.807) is 0 Å². The van der Waals surface area contributed by atoms with Gasteiger partial charge in [0.1, 0.15) is 5.75 Å². The molecule has 0 saturated carbocycles. The van der Waals surface area contributed by atoms with Gasteiger partial charge in [-0.1, -0.05) is 13.0 Å². The van der Waals surface area contributed by atoms with Crippen LogP contribution in [0.3, 0.4) is 0 Å². The number of hydroxylamine groups is 1. The van der Waals surface area contributed by atoms with E-state index in [1.807, 2.05) is 18.2 Å². The van der Waals surface area contributed by atoms with E-state index in [1.165, 1.54) is 0 Å². The van der Waals surface area contributed by atoms with Gasteiger partial charge in [-0.15, -0.1) is 0 Å².